The quantitative estimate of drug-likeness (QED) is 0.139. The zero-order valence-electron chi connectivity index (χ0n) is 35.3. The lowest BCUT2D eigenvalue weighted by Gasteiger charge is -2.36. The molecule has 4 aliphatic rings. The molecule has 10 nitrogen and oxygen atoms in total. The Morgan fingerprint density at radius 3 is 1.41 bits per heavy atom. The molecule has 61 heavy (non-hydrogen) atoms. The van der Waals surface area contributed by atoms with E-state index in [0.717, 1.165) is 61.8 Å². The number of halogens is 4. The number of anilines is 2. The Bertz CT molecular complexity index is 2220. The van der Waals surface area contributed by atoms with Crippen molar-refractivity contribution in [2.75, 3.05) is 76.5 Å². The van der Waals surface area contributed by atoms with Crippen LogP contribution in [0.15, 0.2) is 60.7 Å². The van der Waals surface area contributed by atoms with E-state index in [-0.39, 0.29) is 11.8 Å². The van der Waals surface area contributed by atoms with Crippen LogP contribution in [0.1, 0.15) is 84.2 Å². The van der Waals surface area contributed by atoms with E-state index in [1.54, 1.807) is 48.3 Å². The van der Waals surface area contributed by atoms with Crippen molar-refractivity contribution in [1.82, 2.24) is 9.80 Å². The van der Waals surface area contributed by atoms with Crippen LogP contribution in [0.3, 0.4) is 0 Å². The van der Waals surface area contributed by atoms with E-state index < -0.39 is 0 Å². The summed E-state index contributed by atoms with van der Waals surface area (Å²) in [4.78, 5) is 34.2. The summed E-state index contributed by atoms with van der Waals surface area (Å²) in [6.07, 6.45) is 7.54. The van der Waals surface area contributed by atoms with Gasteiger partial charge in [-0.15, -0.1) is 0 Å². The number of piperidine rings is 1. The van der Waals surface area contributed by atoms with Crippen LogP contribution in [0.25, 0.3) is 0 Å². The average molecular weight is 913 g/mol. The highest BCUT2D eigenvalue weighted by Gasteiger charge is 2.33. The van der Waals surface area contributed by atoms with Crippen molar-refractivity contribution in [3.63, 3.8) is 0 Å². The zero-order valence-corrected chi connectivity index (χ0v) is 38.4. The fourth-order valence-electron chi connectivity index (χ4n) is 8.36. The molecule has 2 fully saturated rings. The van der Waals surface area contributed by atoms with Gasteiger partial charge < -0.3 is 28.7 Å². The van der Waals surface area contributed by atoms with Gasteiger partial charge in [-0.3, -0.25) is 19.4 Å². The molecule has 2 saturated heterocycles. The van der Waals surface area contributed by atoms with Crippen molar-refractivity contribution < 1.29 is 28.5 Å². The smallest absolute Gasteiger partial charge is 0.260 e. The molecule has 4 heterocycles. The number of benzene rings is 4. The highest BCUT2D eigenvalue weighted by atomic mass is 35.5. The van der Waals surface area contributed by atoms with Crippen LogP contribution in [-0.2, 0) is 13.1 Å². The van der Waals surface area contributed by atoms with Gasteiger partial charge in [-0.1, -0.05) is 73.1 Å². The van der Waals surface area contributed by atoms with Gasteiger partial charge in [0.1, 0.15) is 13.2 Å². The number of rotatable bonds is 12. The molecule has 0 radical (unpaired) electrons. The second-order valence-corrected chi connectivity index (χ2v) is 18.4. The van der Waals surface area contributed by atoms with Gasteiger partial charge in [0.2, 0.25) is 0 Å². The van der Waals surface area contributed by atoms with Crippen LogP contribution in [0, 0.1) is 5.41 Å². The number of fused-ring (bicyclic) bond motifs is 2. The van der Waals surface area contributed by atoms with Crippen LogP contribution >= 0.6 is 46.4 Å². The summed E-state index contributed by atoms with van der Waals surface area (Å²) in [6.45, 7) is 12.8. The minimum Gasteiger partial charge on any atom is -0.493 e. The van der Waals surface area contributed by atoms with Gasteiger partial charge in [-0.25, -0.2) is 0 Å². The highest BCUT2D eigenvalue weighted by molar-refractivity contribution is 6.38. The van der Waals surface area contributed by atoms with Crippen LogP contribution in [0.2, 0.25) is 20.1 Å². The highest BCUT2D eigenvalue weighted by Crippen LogP contribution is 2.40. The van der Waals surface area contributed by atoms with Crippen LogP contribution in [0.5, 0.6) is 23.0 Å². The molecule has 2 amide bonds. The third-order valence-electron chi connectivity index (χ3n) is 12.0. The number of methoxy groups -OCH3 is 2. The molecule has 326 valence electrons. The van der Waals surface area contributed by atoms with Crippen molar-refractivity contribution in [3.8, 4) is 23.0 Å². The van der Waals surface area contributed by atoms with Gasteiger partial charge in [0.05, 0.1) is 48.5 Å². The Labute approximate surface area is 379 Å². The lowest BCUT2D eigenvalue weighted by Crippen LogP contribution is -2.39. The van der Waals surface area contributed by atoms with Crippen molar-refractivity contribution in [3.05, 3.63) is 103 Å². The summed E-state index contributed by atoms with van der Waals surface area (Å²) in [5, 5.41) is 1.82. The summed E-state index contributed by atoms with van der Waals surface area (Å²) in [7, 11) is 3.24. The monoisotopic (exact) mass is 910 g/mol. The fraction of sp³-hybridized carbons (Fsp3) is 0.447. The van der Waals surface area contributed by atoms with E-state index in [1.807, 2.05) is 36.4 Å². The van der Waals surface area contributed by atoms with E-state index in [9.17, 15) is 9.59 Å². The number of carbonyl (C=O) groups is 2. The number of nitrogens with zero attached hydrogens (tertiary/aromatic N) is 4. The van der Waals surface area contributed by atoms with Crippen LogP contribution < -0.4 is 28.7 Å². The summed E-state index contributed by atoms with van der Waals surface area (Å²) in [5.74, 6) is 2.30. The molecule has 4 aromatic carbocycles. The van der Waals surface area contributed by atoms with E-state index >= 15 is 0 Å². The largest absolute Gasteiger partial charge is 0.493 e. The zero-order chi connectivity index (χ0) is 43.3. The molecule has 4 aromatic rings. The van der Waals surface area contributed by atoms with Gasteiger partial charge in [0, 0.05) is 46.6 Å². The second kappa shape index (κ2) is 20.1. The predicted octanol–water partition coefficient (Wildman–Crippen LogP) is 11.1. The first kappa shape index (κ1) is 45.1. The maximum atomic E-state index is 13.0. The second-order valence-electron chi connectivity index (χ2n) is 16.8. The van der Waals surface area contributed by atoms with Crippen LogP contribution in [0.4, 0.5) is 11.4 Å². The molecular weight excluding hydrogens is 858 g/mol. The van der Waals surface area contributed by atoms with Gasteiger partial charge in [-0.2, -0.15) is 0 Å². The maximum Gasteiger partial charge on any atom is 0.260 e. The maximum absolute atomic E-state index is 13.0. The lowest BCUT2D eigenvalue weighted by molar-refractivity contribution is 0.0989. The topological polar surface area (TPSA) is 84.0 Å². The Hall–Kier alpha value is -3.90. The predicted molar refractivity (Wildman–Crippen MR) is 245 cm³/mol. The minimum atomic E-state index is -0.135. The van der Waals surface area contributed by atoms with E-state index in [1.165, 1.54) is 38.5 Å². The molecule has 0 aromatic heterocycles. The molecule has 0 atom stereocenters. The molecule has 14 heteroatoms. The number of hydrogen-bond acceptors (Lipinski definition) is 8. The Morgan fingerprint density at radius 2 is 0.984 bits per heavy atom. The SMILES string of the molecule is COc1ccc(N2Cc3cc(Cl)cc(Cl)c3C2=O)cc1OCCN1CCC(C)(C)CC1.COc1ccc(N2Cc3cc(Cl)cc(Cl)c3C2=O)cc1OCCN1CCCCCC1. The molecule has 0 spiro atoms. The van der Waals surface area contributed by atoms with Gasteiger partial charge >= 0.3 is 0 Å². The van der Waals surface area contributed by atoms with Crippen LogP contribution in [-0.4, -0.2) is 88.3 Å². The fourth-order valence-corrected chi connectivity index (χ4v) is 9.59. The summed E-state index contributed by atoms with van der Waals surface area (Å²) in [5.41, 5.74) is 4.60. The average Bonchev–Trinajstić information content (AvgIpc) is 3.60. The minimum absolute atomic E-state index is 0.132. The number of carbonyl (C=O) groups excluding carboxylic acids is 2. The number of amides is 2. The first-order valence-electron chi connectivity index (χ1n) is 21.0. The first-order chi connectivity index (χ1) is 29.3. The third-order valence-corrected chi connectivity index (χ3v) is 13.0. The molecule has 4 aliphatic heterocycles. The summed E-state index contributed by atoms with van der Waals surface area (Å²) in [6, 6.07) is 17.9. The Balaban J connectivity index is 0.000000184. The third kappa shape index (κ3) is 10.8. The molecule has 8 rings (SSSR count). The van der Waals surface area contributed by atoms with Crippen molar-refractivity contribution in [1.29, 1.82) is 0 Å². The van der Waals surface area contributed by atoms with E-state index in [4.69, 9.17) is 65.4 Å². The summed E-state index contributed by atoms with van der Waals surface area (Å²) < 4.78 is 23.1. The van der Waals surface area contributed by atoms with E-state index in [0.29, 0.717) is 85.9 Å². The normalized spacial score (nSPS) is 17.6. The molecular formula is C47H54Cl4N4O6. The first-order valence-corrected chi connectivity index (χ1v) is 22.5. The standard InChI is InChI=1S/C24H28Cl2N2O3.C23H26Cl2N2O3/c1-24(2)6-8-27(9-7-24)10-11-31-21-14-18(4-5-20(21)30-3)28-15-16-12-17(25)13-19(26)22(16)23(28)29;1-29-20-7-6-18(14-21(20)30-11-10-26-8-4-2-3-5-9-26)27-15-16-12-17(24)13-19(25)22(16)23(27)28/h4-5,12-14H,6-11,15H2,1-3H3;6-7,12-14H,2-5,8-11,15H2,1H3. The molecule has 0 unspecified atom stereocenters. The number of hydrogen-bond donors (Lipinski definition) is 0. The Kier molecular flexibility index (Phi) is 14.9. The van der Waals surface area contributed by atoms with Gasteiger partial charge in [0.25, 0.3) is 11.8 Å². The van der Waals surface area contributed by atoms with E-state index in [2.05, 4.69) is 23.6 Å². The summed E-state index contributed by atoms with van der Waals surface area (Å²) >= 11 is 24.8. The number of likely N-dealkylation sites (tertiary alicyclic amines) is 2. The van der Waals surface area contributed by atoms with Crippen molar-refractivity contribution >= 4 is 69.6 Å². The van der Waals surface area contributed by atoms with Gasteiger partial charge in [-0.05, 0) is 117 Å². The Morgan fingerprint density at radius 1 is 0.557 bits per heavy atom. The molecule has 0 aliphatic carbocycles. The molecule has 0 bridgehead atoms. The molecule has 0 N–H and O–H groups in total. The van der Waals surface area contributed by atoms with Crippen molar-refractivity contribution in [2.45, 2.75) is 65.5 Å². The van der Waals surface area contributed by atoms with Crippen molar-refractivity contribution in [2.24, 2.45) is 5.41 Å². The van der Waals surface area contributed by atoms with Gasteiger partial charge in [0.15, 0.2) is 23.0 Å². The molecule has 0 saturated carbocycles. The number of ether oxygens (including phenoxy) is 4. The lowest BCUT2D eigenvalue weighted by atomic mass is 9.83.